The third-order valence-corrected chi connectivity index (χ3v) is 14.7. The molecule has 72 heavy (non-hydrogen) atoms. The van der Waals surface area contributed by atoms with Gasteiger partial charge in [-0.3, -0.25) is 19.3 Å². The van der Waals surface area contributed by atoms with Crippen molar-refractivity contribution in [2.75, 3.05) is 38.3 Å². The molecule has 6 aromatic carbocycles. The van der Waals surface area contributed by atoms with Gasteiger partial charge in [0, 0.05) is 24.2 Å². The molecule has 4 aliphatic heterocycles. The van der Waals surface area contributed by atoms with Crippen LogP contribution in [0.5, 0.6) is 11.5 Å². The van der Waals surface area contributed by atoms with Crippen molar-refractivity contribution in [2.45, 2.75) is 74.7 Å². The highest BCUT2D eigenvalue weighted by atomic mass is 16.6. The van der Waals surface area contributed by atoms with E-state index < -0.39 is 59.5 Å². The van der Waals surface area contributed by atoms with Gasteiger partial charge in [0.2, 0.25) is 11.8 Å². The number of hydrogen-bond acceptors (Lipinski definition) is 9. The minimum atomic E-state index is -1.93. The van der Waals surface area contributed by atoms with Crippen LogP contribution in [-0.4, -0.2) is 78.2 Å². The number of nitrogens with zero attached hydrogens (tertiary/aromatic N) is 3. The fourth-order valence-corrected chi connectivity index (χ4v) is 11.4. The number of benzene rings is 6. The molecule has 12 heteroatoms. The number of likely N-dealkylation sites (tertiary alicyclic amines) is 1. The van der Waals surface area contributed by atoms with E-state index in [4.69, 9.17) is 14.2 Å². The van der Waals surface area contributed by atoms with Crippen LogP contribution in [0, 0.1) is 17.8 Å². The number of morpholine rings is 1. The van der Waals surface area contributed by atoms with Crippen LogP contribution in [0.3, 0.4) is 0 Å². The molecule has 3 saturated heterocycles. The lowest BCUT2D eigenvalue weighted by molar-refractivity contribution is -0.179. The van der Waals surface area contributed by atoms with Crippen molar-refractivity contribution in [3.63, 3.8) is 0 Å². The summed E-state index contributed by atoms with van der Waals surface area (Å²) in [4.78, 5) is 69.2. The van der Waals surface area contributed by atoms with Crippen molar-refractivity contribution >= 4 is 29.5 Å². The topological polar surface area (TPSA) is 138 Å². The Morgan fingerprint density at radius 1 is 0.722 bits per heavy atom. The normalized spacial score (nSPS) is 23.1. The van der Waals surface area contributed by atoms with Gasteiger partial charge in [-0.25, -0.2) is 9.69 Å². The minimum Gasteiger partial charge on any atom is -0.497 e. The number of urea groups is 1. The quantitative estimate of drug-likeness (QED) is 0.102. The second-order valence-electron chi connectivity index (χ2n) is 18.9. The molecule has 4 amide bonds. The first-order valence-corrected chi connectivity index (χ1v) is 24.9. The van der Waals surface area contributed by atoms with E-state index >= 15 is 19.2 Å². The lowest BCUT2D eigenvalue weighted by atomic mass is 9.64. The van der Waals surface area contributed by atoms with E-state index in [2.05, 4.69) is 22.1 Å². The van der Waals surface area contributed by atoms with E-state index in [-0.39, 0.29) is 24.8 Å². The lowest BCUT2D eigenvalue weighted by Gasteiger charge is -2.46. The largest absolute Gasteiger partial charge is 0.497 e. The molecule has 0 aliphatic carbocycles. The average molecular weight is 963 g/mol. The number of anilines is 1. The monoisotopic (exact) mass is 962 g/mol. The molecule has 1 spiro atoms. The Morgan fingerprint density at radius 3 is 1.97 bits per heavy atom. The smallest absolute Gasteiger partial charge is 0.329 e. The molecule has 7 atom stereocenters. The maximum absolute atomic E-state index is 16.9. The third kappa shape index (κ3) is 8.88. The fraction of sp³-hybridized carbons (Fsp3) is 0.300. The summed E-state index contributed by atoms with van der Waals surface area (Å²) >= 11 is 0. The number of hydrogen-bond donors (Lipinski definition) is 2. The lowest BCUT2D eigenvalue weighted by Crippen LogP contribution is -2.57. The SMILES string of the molecule is COc1ccc(C#Cc2ccc3c(c2)C2(C(=O)N3C(=O)NC(C)c3ccccc3)C(C(=O)N3CCCCCCC3)C3C(=O)OC(c4ccccc4)C(c4ccccc4)N3C2c2ccc(OCCO)cc2)cc1. The van der Waals surface area contributed by atoms with Crippen LogP contribution < -0.4 is 19.7 Å². The molecule has 4 aliphatic rings. The predicted molar refractivity (Wildman–Crippen MR) is 273 cm³/mol. The maximum Gasteiger partial charge on any atom is 0.329 e. The number of esters is 1. The zero-order valence-corrected chi connectivity index (χ0v) is 40.5. The van der Waals surface area contributed by atoms with Crippen LogP contribution in [0.25, 0.3) is 0 Å². The second-order valence-corrected chi connectivity index (χ2v) is 18.9. The summed E-state index contributed by atoms with van der Waals surface area (Å²) in [5.41, 5.74) is 3.00. The van der Waals surface area contributed by atoms with Crippen LogP contribution in [0.1, 0.15) is 102 Å². The van der Waals surface area contributed by atoms with Crippen LogP contribution in [-0.2, 0) is 24.5 Å². The van der Waals surface area contributed by atoms with Crippen molar-refractivity contribution in [3.05, 3.63) is 197 Å². The summed E-state index contributed by atoms with van der Waals surface area (Å²) < 4.78 is 18.0. The molecule has 12 nitrogen and oxygen atoms in total. The maximum atomic E-state index is 16.9. The number of nitrogens with one attached hydrogen (secondary N) is 1. The highest BCUT2D eigenvalue weighted by Gasteiger charge is 2.76. The van der Waals surface area contributed by atoms with Gasteiger partial charge >= 0.3 is 12.0 Å². The average Bonchev–Trinajstić information content (AvgIpc) is 3.86. The highest BCUT2D eigenvalue weighted by molar-refractivity contribution is 6.24. The molecule has 0 aromatic heterocycles. The Balaban J connectivity index is 1.26. The number of methoxy groups -OCH3 is 1. The summed E-state index contributed by atoms with van der Waals surface area (Å²) in [5, 5.41) is 12.8. The van der Waals surface area contributed by atoms with Gasteiger partial charge < -0.3 is 29.5 Å². The molecular formula is C60H58N4O8. The van der Waals surface area contributed by atoms with Crippen LogP contribution >= 0.6 is 0 Å². The van der Waals surface area contributed by atoms with E-state index in [0.717, 1.165) is 54.4 Å². The number of fused-ring (bicyclic) bond motifs is 3. The highest BCUT2D eigenvalue weighted by Crippen LogP contribution is 2.66. The van der Waals surface area contributed by atoms with Crippen LogP contribution in [0.15, 0.2) is 158 Å². The Bertz CT molecular complexity index is 2970. The number of aliphatic hydroxyl groups is 1. The predicted octanol–water partition coefficient (Wildman–Crippen LogP) is 9.40. The first-order valence-electron chi connectivity index (χ1n) is 24.9. The van der Waals surface area contributed by atoms with E-state index in [1.165, 1.54) is 4.90 Å². The molecule has 4 heterocycles. The Labute approximate surface area is 420 Å². The molecule has 7 unspecified atom stereocenters. The van der Waals surface area contributed by atoms with Gasteiger partial charge in [-0.1, -0.05) is 134 Å². The van der Waals surface area contributed by atoms with Crippen LogP contribution in [0.2, 0.25) is 0 Å². The van der Waals surface area contributed by atoms with Gasteiger partial charge in [0.25, 0.3) is 0 Å². The van der Waals surface area contributed by atoms with Gasteiger partial charge in [-0.15, -0.1) is 0 Å². The molecule has 0 bridgehead atoms. The molecule has 0 radical (unpaired) electrons. The number of cyclic esters (lactones) is 1. The van der Waals surface area contributed by atoms with Gasteiger partial charge in [0.1, 0.15) is 35.7 Å². The molecule has 2 N–H and O–H groups in total. The Morgan fingerprint density at radius 2 is 1.32 bits per heavy atom. The van der Waals surface area contributed by atoms with Crippen molar-refractivity contribution in [1.82, 2.24) is 15.1 Å². The van der Waals surface area contributed by atoms with Gasteiger partial charge in [-0.05, 0) is 102 Å². The molecule has 366 valence electrons. The first kappa shape index (κ1) is 47.9. The molecule has 0 saturated carbocycles. The third-order valence-electron chi connectivity index (χ3n) is 14.7. The summed E-state index contributed by atoms with van der Waals surface area (Å²) in [5.74, 6) is 4.74. The van der Waals surface area contributed by atoms with Crippen molar-refractivity contribution in [3.8, 4) is 23.3 Å². The number of carbonyl (C=O) groups excluding carboxylic acids is 4. The van der Waals surface area contributed by atoms with Crippen molar-refractivity contribution in [2.24, 2.45) is 5.92 Å². The number of imide groups is 1. The number of carbonyl (C=O) groups is 4. The Hall–Kier alpha value is -7.72. The van der Waals surface area contributed by atoms with Crippen molar-refractivity contribution in [1.29, 1.82) is 0 Å². The second kappa shape index (κ2) is 20.9. The summed E-state index contributed by atoms with van der Waals surface area (Å²) in [6.45, 7) is 2.61. The number of ether oxygens (including phenoxy) is 3. The Kier molecular flexibility index (Phi) is 13.9. The minimum absolute atomic E-state index is 0.0612. The van der Waals surface area contributed by atoms with E-state index in [0.29, 0.717) is 41.3 Å². The molecule has 6 aromatic rings. The number of aliphatic hydroxyl groups excluding tert-OH is 1. The zero-order valence-electron chi connectivity index (χ0n) is 40.5. The van der Waals surface area contributed by atoms with Gasteiger partial charge in [-0.2, -0.15) is 0 Å². The first-order chi connectivity index (χ1) is 35.2. The number of amides is 4. The molecular weight excluding hydrogens is 905 g/mol. The van der Waals surface area contributed by atoms with Crippen LogP contribution in [0.4, 0.5) is 10.5 Å². The summed E-state index contributed by atoms with van der Waals surface area (Å²) in [6.07, 6.45) is 3.56. The van der Waals surface area contributed by atoms with E-state index in [1.807, 2.05) is 145 Å². The molecule has 10 rings (SSSR count). The van der Waals surface area contributed by atoms with Crippen molar-refractivity contribution < 1.29 is 38.5 Å². The summed E-state index contributed by atoms with van der Waals surface area (Å²) in [7, 11) is 1.60. The van der Waals surface area contributed by atoms with Gasteiger partial charge in [0.05, 0.1) is 43.4 Å². The number of rotatable bonds is 10. The standard InChI is InChI=1S/C60H58N4O8/c1-40(43-17-9-6-10-18-43)61-59(69)63-50-34-27-42(24-23-41-25-30-47(70-2)31-26-41)39-49(50)60(58(63)68)51(56(66)62-35-15-4-3-5-16-36-62)53-57(67)72-54(45-21-13-8-14-22-45)52(44-19-11-7-12-20-44)64(53)55(60)46-28-32-48(33-29-46)71-38-37-65/h6-14,17-22,25-34,39-40,51-55,65H,3-5,15-16,35-38H2,1-2H3,(H,61,69). The fourth-order valence-electron chi connectivity index (χ4n) is 11.4. The van der Waals surface area contributed by atoms with E-state index in [9.17, 15) is 5.11 Å². The molecule has 3 fully saturated rings. The summed E-state index contributed by atoms with van der Waals surface area (Å²) in [6, 6.07) is 44.6. The van der Waals surface area contributed by atoms with Gasteiger partial charge in [0.15, 0.2) is 0 Å². The zero-order chi connectivity index (χ0) is 49.8. The van der Waals surface area contributed by atoms with E-state index in [1.54, 1.807) is 31.4 Å².